The molecule has 6 heteroatoms. The summed E-state index contributed by atoms with van der Waals surface area (Å²) in [6, 6.07) is 7.52. The second kappa shape index (κ2) is 7.49. The van der Waals surface area contributed by atoms with Gasteiger partial charge < -0.3 is 15.8 Å². The molecule has 2 amide bonds. The Labute approximate surface area is 145 Å². The standard InChI is InChI=1S/C18H22N2O3S/c1-5-14(23-13-8-6-10(2)7-9-13)17(22)20-18-15(16(19)21)11(3)12(4)24-18/h6-9,14H,5H2,1-4H3,(H2,19,21)(H,20,22)/t14-/m0/s1. The first-order valence-electron chi connectivity index (χ1n) is 7.77. The second-order valence-electron chi connectivity index (χ2n) is 5.67. The van der Waals surface area contributed by atoms with Crippen LogP contribution in [-0.2, 0) is 4.79 Å². The lowest BCUT2D eigenvalue weighted by Crippen LogP contribution is -2.32. The zero-order valence-corrected chi connectivity index (χ0v) is 15.1. The lowest BCUT2D eigenvalue weighted by atomic mass is 10.1. The van der Waals surface area contributed by atoms with Crippen molar-refractivity contribution in [3.05, 3.63) is 45.8 Å². The molecule has 3 N–H and O–H groups in total. The van der Waals surface area contributed by atoms with Gasteiger partial charge >= 0.3 is 0 Å². The first-order valence-corrected chi connectivity index (χ1v) is 8.59. The van der Waals surface area contributed by atoms with Crippen molar-refractivity contribution in [2.45, 2.75) is 40.2 Å². The van der Waals surface area contributed by atoms with Gasteiger partial charge in [0.05, 0.1) is 5.56 Å². The molecule has 0 aliphatic heterocycles. The zero-order valence-electron chi connectivity index (χ0n) is 14.3. The van der Waals surface area contributed by atoms with Gasteiger partial charge in [-0.1, -0.05) is 24.6 Å². The van der Waals surface area contributed by atoms with E-state index in [-0.39, 0.29) is 5.91 Å². The lowest BCUT2D eigenvalue weighted by Gasteiger charge is -2.17. The van der Waals surface area contributed by atoms with E-state index in [1.807, 2.05) is 52.0 Å². The first kappa shape index (κ1) is 18.0. The summed E-state index contributed by atoms with van der Waals surface area (Å²) in [6.45, 7) is 7.57. The predicted molar refractivity (Wildman–Crippen MR) is 96.8 cm³/mol. The predicted octanol–water partition coefficient (Wildman–Crippen LogP) is 3.57. The third-order valence-electron chi connectivity index (χ3n) is 3.83. The van der Waals surface area contributed by atoms with E-state index in [9.17, 15) is 9.59 Å². The highest BCUT2D eigenvalue weighted by Gasteiger charge is 2.23. The molecule has 1 aromatic heterocycles. The topological polar surface area (TPSA) is 81.4 Å². The Morgan fingerprint density at radius 3 is 2.38 bits per heavy atom. The van der Waals surface area contributed by atoms with Crippen LogP contribution in [0, 0.1) is 20.8 Å². The van der Waals surface area contributed by atoms with Crippen molar-refractivity contribution in [3.63, 3.8) is 0 Å². The van der Waals surface area contributed by atoms with E-state index in [4.69, 9.17) is 10.5 Å². The molecular weight excluding hydrogens is 324 g/mol. The Kier molecular flexibility index (Phi) is 5.62. The number of hydrogen-bond donors (Lipinski definition) is 2. The molecule has 1 atom stereocenters. The minimum absolute atomic E-state index is 0.290. The summed E-state index contributed by atoms with van der Waals surface area (Å²) in [7, 11) is 0. The molecule has 0 unspecified atom stereocenters. The van der Waals surface area contributed by atoms with E-state index in [0.717, 1.165) is 16.0 Å². The van der Waals surface area contributed by atoms with Gasteiger partial charge in [-0.15, -0.1) is 11.3 Å². The van der Waals surface area contributed by atoms with Gasteiger partial charge in [0.2, 0.25) is 0 Å². The highest BCUT2D eigenvalue weighted by Crippen LogP contribution is 2.32. The number of nitrogens with two attached hydrogens (primary N) is 1. The fourth-order valence-electron chi connectivity index (χ4n) is 2.31. The second-order valence-corrected chi connectivity index (χ2v) is 6.89. The van der Waals surface area contributed by atoms with E-state index >= 15 is 0 Å². The van der Waals surface area contributed by atoms with Gasteiger partial charge in [0.1, 0.15) is 10.8 Å². The van der Waals surface area contributed by atoms with Gasteiger partial charge in [-0.05, 0) is 44.9 Å². The number of amides is 2. The highest BCUT2D eigenvalue weighted by atomic mass is 32.1. The van der Waals surface area contributed by atoms with Crippen molar-refractivity contribution in [1.29, 1.82) is 0 Å². The number of carbonyl (C=O) groups excluding carboxylic acids is 2. The van der Waals surface area contributed by atoms with Crippen molar-refractivity contribution in [2.75, 3.05) is 5.32 Å². The molecule has 0 saturated carbocycles. The molecule has 0 radical (unpaired) electrons. The third kappa shape index (κ3) is 3.94. The number of primary amides is 1. The van der Waals surface area contributed by atoms with Crippen LogP contribution in [-0.4, -0.2) is 17.9 Å². The van der Waals surface area contributed by atoms with Crippen LogP contribution in [0.1, 0.15) is 39.7 Å². The van der Waals surface area contributed by atoms with Crippen LogP contribution < -0.4 is 15.8 Å². The monoisotopic (exact) mass is 346 g/mol. The van der Waals surface area contributed by atoms with Gasteiger partial charge in [-0.2, -0.15) is 0 Å². The number of ether oxygens (including phenoxy) is 1. The molecule has 0 spiro atoms. The minimum Gasteiger partial charge on any atom is -0.481 e. The molecule has 5 nitrogen and oxygen atoms in total. The average molecular weight is 346 g/mol. The van der Waals surface area contributed by atoms with Gasteiger partial charge in [0, 0.05) is 4.88 Å². The zero-order chi connectivity index (χ0) is 17.9. The van der Waals surface area contributed by atoms with Crippen molar-refractivity contribution in [2.24, 2.45) is 5.73 Å². The summed E-state index contributed by atoms with van der Waals surface area (Å²) in [5.41, 5.74) is 7.73. The van der Waals surface area contributed by atoms with E-state index in [1.165, 1.54) is 11.3 Å². The number of benzene rings is 1. The summed E-state index contributed by atoms with van der Waals surface area (Å²) in [4.78, 5) is 25.1. The molecular formula is C18H22N2O3S. The quantitative estimate of drug-likeness (QED) is 0.839. The van der Waals surface area contributed by atoms with Gasteiger partial charge in [-0.25, -0.2) is 0 Å². The molecule has 0 aliphatic rings. The van der Waals surface area contributed by atoms with E-state index in [2.05, 4.69) is 5.32 Å². The van der Waals surface area contributed by atoms with E-state index < -0.39 is 12.0 Å². The molecule has 2 aromatic rings. The van der Waals surface area contributed by atoms with Crippen molar-refractivity contribution < 1.29 is 14.3 Å². The Balaban J connectivity index is 2.16. The summed E-state index contributed by atoms with van der Waals surface area (Å²) in [5, 5.41) is 3.27. The average Bonchev–Trinajstić information content (AvgIpc) is 2.80. The molecule has 0 aliphatic carbocycles. The summed E-state index contributed by atoms with van der Waals surface area (Å²) in [5.74, 6) is -0.197. The van der Waals surface area contributed by atoms with Gasteiger partial charge in [-0.3, -0.25) is 9.59 Å². The summed E-state index contributed by atoms with van der Waals surface area (Å²) in [6.07, 6.45) is -0.134. The van der Waals surface area contributed by atoms with Crippen molar-refractivity contribution in [1.82, 2.24) is 0 Å². The van der Waals surface area contributed by atoms with Crippen LogP contribution in [0.2, 0.25) is 0 Å². The maximum Gasteiger partial charge on any atom is 0.266 e. The SMILES string of the molecule is CC[C@H](Oc1ccc(C)cc1)C(=O)Nc1sc(C)c(C)c1C(N)=O. The molecule has 0 bridgehead atoms. The summed E-state index contributed by atoms with van der Waals surface area (Å²) < 4.78 is 5.77. The molecule has 128 valence electrons. The Morgan fingerprint density at radius 1 is 1.21 bits per heavy atom. The van der Waals surface area contributed by atoms with Gasteiger partial charge in [0.15, 0.2) is 6.10 Å². The smallest absolute Gasteiger partial charge is 0.266 e. The van der Waals surface area contributed by atoms with Crippen molar-refractivity contribution >= 4 is 28.2 Å². The molecule has 1 heterocycles. The Bertz CT molecular complexity index is 750. The number of aryl methyl sites for hydroxylation is 2. The number of carbonyl (C=O) groups is 2. The fourth-order valence-corrected chi connectivity index (χ4v) is 3.38. The molecule has 0 fully saturated rings. The minimum atomic E-state index is -0.642. The van der Waals surface area contributed by atoms with Crippen LogP contribution in [0.25, 0.3) is 0 Å². The molecule has 0 saturated heterocycles. The van der Waals surface area contributed by atoms with Crippen LogP contribution >= 0.6 is 11.3 Å². The van der Waals surface area contributed by atoms with Crippen LogP contribution in [0.3, 0.4) is 0 Å². The third-order valence-corrected chi connectivity index (χ3v) is 4.95. The molecule has 1 aromatic carbocycles. The number of nitrogens with one attached hydrogen (secondary N) is 1. The lowest BCUT2D eigenvalue weighted by molar-refractivity contribution is -0.122. The normalized spacial score (nSPS) is 11.8. The number of hydrogen-bond acceptors (Lipinski definition) is 4. The Morgan fingerprint density at radius 2 is 1.83 bits per heavy atom. The number of thiophene rings is 1. The first-order chi connectivity index (χ1) is 11.3. The maximum atomic E-state index is 12.5. The Hall–Kier alpha value is -2.34. The summed E-state index contributed by atoms with van der Waals surface area (Å²) >= 11 is 1.35. The number of rotatable bonds is 6. The van der Waals surface area contributed by atoms with E-state index in [0.29, 0.717) is 22.7 Å². The largest absolute Gasteiger partial charge is 0.481 e. The number of anilines is 1. The molecule has 24 heavy (non-hydrogen) atoms. The maximum absolute atomic E-state index is 12.5. The van der Waals surface area contributed by atoms with Crippen LogP contribution in [0.4, 0.5) is 5.00 Å². The van der Waals surface area contributed by atoms with E-state index in [1.54, 1.807) is 0 Å². The molecule has 2 rings (SSSR count). The van der Waals surface area contributed by atoms with Crippen molar-refractivity contribution in [3.8, 4) is 5.75 Å². The van der Waals surface area contributed by atoms with Crippen LogP contribution in [0.15, 0.2) is 24.3 Å². The van der Waals surface area contributed by atoms with Gasteiger partial charge in [0.25, 0.3) is 11.8 Å². The van der Waals surface area contributed by atoms with Crippen LogP contribution in [0.5, 0.6) is 5.75 Å². The fraction of sp³-hybridized carbons (Fsp3) is 0.333. The highest BCUT2D eigenvalue weighted by molar-refractivity contribution is 7.16.